The van der Waals surface area contributed by atoms with Gasteiger partial charge in [0.25, 0.3) is 0 Å². The van der Waals surface area contributed by atoms with Crippen molar-refractivity contribution in [1.29, 1.82) is 0 Å². The molecule has 0 amide bonds. The molecule has 1 aromatic carbocycles. The molecule has 2 aromatic rings. The second-order valence-corrected chi connectivity index (χ2v) is 4.41. The van der Waals surface area contributed by atoms with E-state index in [1.165, 1.54) is 0 Å². The summed E-state index contributed by atoms with van der Waals surface area (Å²) in [4.78, 5) is 16.5. The second kappa shape index (κ2) is 5.56. The van der Waals surface area contributed by atoms with Gasteiger partial charge in [-0.05, 0) is 23.8 Å². The lowest BCUT2D eigenvalue weighted by molar-refractivity contribution is 0.0692. The zero-order valence-corrected chi connectivity index (χ0v) is 10.9. The summed E-state index contributed by atoms with van der Waals surface area (Å²) in [5.74, 6) is -2.14. The average Bonchev–Trinajstić information content (AvgIpc) is 2.41. The third-order valence-corrected chi connectivity index (χ3v) is 2.93. The number of anilines is 2. The van der Waals surface area contributed by atoms with E-state index in [1.807, 2.05) is 12.1 Å². The summed E-state index contributed by atoms with van der Waals surface area (Å²) >= 11 is 0. The van der Waals surface area contributed by atoms with Crippen LogP contribution in [-0.2, 0) is 6.54 Å². The number of aromatic carboxylic acids is 1. The van der Waals surface area contributed by atoms with Gasteiger partial charge in [0.1, 0.15) is 5.82 Å². The van der Waals surface area contributed by atoms with Crippen LogP contribution in [0.1, 0.15) is 15.9 Å². The first kappa shape index (κ1) is 13.8. The quantitative estimate of drug-likeness (QED) is 0.836. The van der Waals surface area contributed by atoms with Crippen molar-refractivity contribution in [2.75, 3.05) is 17.7 Å². The molecule has 6 heteroatoms. The standard InChI is InChI=1S/C14H14FN3O2/c1-18(8-9-2-4-17-5-3-9)13-7-11(15)10(14(19)20)6-12(13)16/h2-7H,8,16H2,1H3,(H,19,20). The number of hydrogen-bond donors (Lipinski definition) is 2. The topological polar surface area (TPSA) is 79.5 Å². The fourth-order valence-corrected chi connectivity index (χ4v) is 1.92. The summed E-state index contributed by atoms with van der Waals surface area (Å²) in [6, 6.07) is 5.96. The van der Waals surface area contributed by atoms with Gasteiger partial charge in [-0.25, -0.2) is 9.18 Å². The maximum absolute atomic E-state index is 13.7. The van der Waals surface area contributed by atoms with E-state index in [0.717, 1.165) is 17.7 Å². The molecule has 0 saturated heterocycles. The van der Waals surface area contributed by atoms with Crippen molar-refractivity contribution >= 4 is 17.3 Å². The van der Waals surface area contributed by atoms with Crippen molar-refractivity contribution in [3.63, 3.8) is 0 Å². The highest BCUT2D eigenvalue weighted by Crippen LogP contribution is 2.27. The van der Waals surface area contributed by atoms with Gasteiger partial charge in [-0.15, -0.1) is 0 Å². The average molecular weight is 275 g/mol. The molecule has 0 aliphatic carbocycles. The molecule has 1 aromatic heterocycles. The Morgan fingerprint density at radius 1 is 1.40 bits per heavy atom. The van der Waals surface area contributed by atoms with Crippen LogP contribution < -0.4 is 10.6 Å². The van der Waals surface area contributed by atoms with Crippen LogP contribution in [0, 0.1) is 5.82 Å². The van der Waals surface area contributed by atoms with E-state index in [1.54, 1.807) is 24.3 Å². The number of nitrogens with zero attached hydrogens (tertiary/aromatic N) is 2. The van der Waals surface area contributed by atoms with Gasteiger partial charge < -0.3 is 15.7 Å². The fraction of sp³-hybridized carbons (Fsp3) is 0.143. The van der Waals surface area contributed by atoms with Gasteiger partial charge in [0.2, 0.25) is 0 Å². The Balaban J connectivity index is 2.29. The van der Waals surface area contributed by atoms with Crippen molar-refractivity contribution in [3.8, 4) is 0 Å². The van der Waals surface area contributed by atoms with Gasteiger partial charge in [0, 0.05) is 32.1 Å². The summed E-state index contributed by atoms with van der Waals surface area (Å²) in [7, 11) is 1.76. The number of rotatable bonds is 4. The van der Waals surface area contributed by atoms with Gasteiger partial charge >= 0.3 is 5.97 Å². The first-order chi connectivity index (χ1) is 9.49. The van der Waals surface area contributed by atoms with E-state index in [9.17, 15) is 9.18 Å². The number of carboxylic acid groups (broad SMARTS) is 1. The highest BCUT2D eigenvalue weighted by atomic mass is 19.1. The molecule has 0 fully saturated rings. The third kappa shape index (κ3) is 2.85. The van der Waals surface area contributed by atoms with Crippen molar-refractivity contribution in [3.05, 3.63) is 53.6 Å². The van der Waals surface area contributed by atoms with E-state index in [0.29, 0.717) is 12.2 Å². The number of aromatic nitrogens is 1. The van der Waals surface area contributed by atoms with Crippen LogP contribution in [0.15, 0.2) is 36.7 Å². The van der Waals surface area contributed by atoms with E-state index < -0.39 is 17.3 Å². The third-order valence-electron chi connectivity index (χ3n) is 2.93. The lowest BCUT2D eigenvalue weighted by atomic mass is 10.1. The van der Waals surface area contributed by atoms with Gasteiger partial charge in [-0.1, -0.05) is 0 Å². The highest BCUT2D eigenvalue weighted by molar-refractivity contribution is 5.90. The van der Waals surface area contributed by atoms with E-state index in [4.69, 9.17) is 10.8 Å². The van der Waals surface area contributed by atoms with Crippen LogP contribution in [0.2, 0.25) is 0 Å². The Kier molecular flexibility index (Phi) is 3.84. The molecule has 0 bridgehead atoms. The largest absolute Gasteiger partial charge is 0.478 e. The molecule has 5 nitrogen and oxygen atoms in total. The number of carbonyl (C=O) groups is 1. The van der Waals surface area contributed by atoms with Gasteiger partial charge in [0.15, 0.2) is 0 Å². The Morgan fingerprint density at radius 3 is 2.65 bits per heavy atom. The lowest BCUT2D eigenvalue weighted by Gasteiger charge is -2.21. The Hall–Kier alpha value is -2.63. The minimum Gasteiger partial charge on any atom is -0.478 e. The van der Waals surface area contributed by atoms with Gasteiger partial charge in [-0.3, -0.25) is 4.98 Å². The number of halogens is 1. The molecule has 2 rings (SSSR count). The minimum atomic E-state index is -1.34. The van der Waals surface area contributed by atoms with E-state index in [-0.39, 0.29) is 5.69 Å². The van der Waals surface area contributed by atoms with Crippen LogP contribution in [-0.4, -0.2) is 23.1 Å². The number of benzene rings is 1. The Labute approximate surface area is 115 Å². The number of carboxylic acids is 1. The molecule has 0 unspecified atom stereocenters. The van der Waals surface area contributed by atoms with Crippen LogP contribution in [0.4, 0.5) is 15.8 Å². The number of pyridine rings is 1. The molecule has 0 spiro atoms. The summed E-state index contributed by atoms with van der Waals surface area (Å²) in [5, 5.41) is 8.84. The maximum atomic E-state index is 13.7. The fourth-order valence-electron chi connectivity index (χ4n) is 1.92. The van der Waals surface area contributed by atoms with Crippen LogP contribution in [0.3, 0.4) is 0 Å². The molecule has 0 aliphatic rings. The van der Waals surface area contributed by atoms with E-state index in [2.05, 4.69) is 4.98 Å². The SMILES string of the molecule is CN(Cc1ccncc1)c1cc(F)c(C(=O)O)cc1N. The maximum Gasteiger partial charge on any atom is 0.338 e. The summed E-state index contributed by atoms with van der Waals surface area (Å²) in [6.07, 6.45) is 3.33. The number of nitrogen functional groups attached to an aromatic ring is 1. The van der Waals surface area contributed by atoms with Gasteiger partial charge in [0.05, 0.1) is 16.9 Å². The molecule has 0 atom stereocenters. The van der Waals surface area contributed by atoms with Crippen LogP contribution in [0.25, 0.3) is 0 Å². The van der Waals surface area contributed by atoms with Crippen LogP contribution in [0.5, 0.6) is 0 Å². The van der Waals surface area contributed by atoms with E-state index >= 15 is 0 Å². The lowest BCUT2D eigenvalue weighted by Crippen LogP contribution is -2.18. The molecule has 20 heavy (non-hydrogen) atoms. The summed E-state index contributed by atoms with van der Waals surface area (Å²) in [5.41, 5.74) is 7.03. The molecular formula is C14H14FN3O2. The normalized spacial score (nSPS) is 10.3. The van der Waals surface area contributed by atoms with Crippen molar-refractivity contribution in [1.82, 2.24) is 4.98 Å². The summed E-state index contributed by atoms with van der Waals surface area (Å²) < 4.78 is 13.7. The molecule has 3 N–H and O–H groups in total. The molecule has 0 aliphatic heterocycles. The van der Waals surface area contributed by atoms with Crippen molar-refractivity contribution in [2.45, 2.75) is 6.54 Å². The minimum absolute atomic E-state index is 0.223. The first-order valence-electron chi connectivity index (χ1n) is 5.91. The molecule has 0 saturated carbocycles. The monoisotopic (exact) mass is 275 g/mol. The zero-order chi connectivity index (χ0) is 14.7. The Bertz CT molecular complexity index is 632. The predicted octanol–water partition coefficient (Wildman–Crippen LogP) is 2.14. The van der Waals surface area contributed by atoms with Crippen molar-refractivity contribution < 1.29 is 14.3 Å². The zero-order valence-electron chi connectivity index (χ0n) is 10.9. The molecule has 0 radical (unpaired) electrons. The smallest absolute Gasteiger partial charge is 0.338 e. The van der Waals surface area contributed by atoms with Gasteiger partial charge in [-0.2, -0.15) is 0 Å². The summed E-state index contributed by atoms with van der Waals surface area (Å²) in [6.45, 7) is 0.512. The van der Waals surface area contributed by atoms with Crippen LogP contribution >= 0.6 is 0 Å². The molecule has 104 valence electrons. The number of hydrogen-bond acceptors (Lipinski definition) is 4. The second-order valence-electron chi connectivity index (χ2n) is 4.41. The molecular weight excluding hydrogens is 261 g/mol. The first-order valence-corrected chi connectivity index (χ1v) is 5.91. The molecule has 1 heterocycles. The number of nitrogens with two attached hydrogens (primary N) is 1. The predicted molar refractivity (Wildman–Crippen MR) is 74.1 cm³/mol. The highest BCUT2D eigenvalue weighted by Gasteiger charge is 2.15. The van der Waals surface area contributed by atoms with Crippen molar-refractivity contribution in [2.24, 2.45) is 0 Å². The Morgan fingerprint density at radius 2 is 2.05 bits per heavy atom.